The lowest BCUT2D eigenvalue weighted by Gasteiger charge is -2.40. The number of aliphatic hydroxyl groups excluding tert-OH is 1. The summed E-state index contributed by atoms with van der Waals surface area (Å²) < 4.78 is -0.771. The first-order valence-corrected chi connectivity index (χ1v) is 17.6. The van der Waals surface area contributed by atoms with Crippen molar-refractivity contribution in [1.82, 2.24) is 9.80 Å². The zero-order chi connectivity index (χ0) is 33.3. The molecule has 7 nitrogen and oxygen atoms in total. The van der Waals surface area contributed by atoms with Crippen molar-refractivity contribution in [2.75, 3.05) is 24.6 Å². The van der Waals surface area contributed by atoms with E-state index < -0.39 is 28.7 Å². The Morgan fingerprint density at radius 2 is 1.70 bits per heavy atom. The maximum atomic E-state index is 15.1. The van der Waals surface area contributed by atoms with Gasteiger partial charge in [-0.05, 0) is 53.6 Å². The molecule has 0 saturated carbocycles. The summed E-state index contributed by atoms with van der Waals surface area (Å²) in [5, 5.41) is 12.7. The number of amides is 3. The number of thioether (sulfide) groups is 1. The number of benzene rings is 3. The standard InChI is InChI=1S/C39H45N3O4S/c1-5-20-40(24-27-12-8-7-9-13-27)36(44)33-32-18-19-39(47-32)34(33)37(45)42(31(25-43)22-26(3)4)35(39)38(46)41(21-6-2)30-17-16-28-14-10-11-15-29(28)23-30/h5-17,23,26,31-35,43H,1-2,18-22,24-25H2,3-4H3/t31-,32-,33+,34+,35?,39?/m1/s1. The van der Waals surface area contributed by atoms with Gasteiger partial charge in [0.15, 0.2) is 0 Å². The second-order valence-corrected chi connectivity index (χ2v) is 15.1. The lowest BCUT2D eigenvalue weighted by Crippen LogP contribution is -2.58. The van der Waals surface area contributed by atoms with Gasteiger partial charge in [-0.3, -0.25) is 14.4 Å². The fourth-order valence-electron chi connectivity index (χ4n) is 8.21. The molecule has 2 bridgehead atoms. The number of aliphatic hydroxyl groups is 1. The van der Waals surface area contributed by atoms with E-state index in [1.54, 1.807) is 38.6 Å². The monoisotopic (exact) mass is 651 g/mol. The maximum absolute atomic E-state index is 15.1. The summed E-state index contributed by atoms with van der Waals surface area (Å²) in [5.41, 5.74) is 1.74. The summed E-state index contributed by atoms with van der Waals surface area (Å²) in [6.45, 7) is 12.8. The molecule has 6 rings (SSSR count). The van der Waals surface area contributed by atoms with Crippen LogP contribution in [0.1, 0.15) is 38.7 Å². The number of hydrogen-bond donors (Lipinski definition) is 1. The molecule has 6 atom stereocenters. The van der Waals surface area contributed by atoms with Crippen molar-refractivity contribution in [3.8, 4) is 0 Å². The van der Waals surface area contributed by atoms with Gasteiger partial charge in [0, 0.05) is 30.6 Å². The van der Waals surface area contributed by atoms with Gasteiger partial charge in [0.05, 0.1) is 29.2 Å². The summed E-state index contributed by atoms with van der Waals surface area (Å²) >= 11 is 1.66. The first-order valence-electron chi connectivity index (χ1n) is 16.7. The van der Waals surface area contributed by atoms with E-state index in [-0.39, 0.29) is 42.0 Å². The number of likely N-dealkylation sites (tertiary alicyclic amines) is 1. The van der Waals surface area contributed by atoms with Crippen LogP contribution in [-0.4, -0.2) is 74.4 Å². The minimum Gasteiger partial charge on any atom is -0.394 e. The molecule has 3 aromatic carbocycles. The zero-order valence-corrected chi connectivity index (χ0v) is 28.1. The van der Waals surface area contributed by atoms with Gasteiger partial charge in [-0.25, -0.2) is 0 Å². The summed E-state index contributed by atoms with van der Waals surface area (Å²) in [6.07, 6.45) is 5.41. The van der Waals surface area contributed by atoms with Gasteiger partial charge in [0.25, 0.3) is 5.91 Å². The van der Waals surface area contributed by atoms with Gasteiger partial charge >= 0.3 is 0 Å². The Balaban J connectivity index is 1.42. The first-order chi connectivity index (χ1) is 22.7. The van der Waals surface area contributed by atoms with Crippen molar-refractivity contribution < 1.29 is 19.5 Å². The van der Waals surface area contributed by atoms with Crippen LogP contribution in [0.2, 0.25) is 0 Å². The third-order valence-corrected chi connectivity index (χ3v) is 12.1. The molecule has 0 radical (unpaired) electrons. The van der Waals surface area contributed by atoms with E-state index in [0.717, 1.165) is 28.4 Å². The smallest absolute Gasteiger partial charge is 0.251 e. The quantitative estimate of drug-likeness (QED) is 0.227. The van der Waals surface area contributed by atoms with Crippen LogP contribution >= 0.6 is 11.8 Å². The van der Waals surface area contributed by atoms with Crippen molar-refractivity contribution in [1.29, 1.82) is 0 Å². The highest BCUT2D eigenvalue weighted by molar-refractivity contribution is 8.02. The van der Waals surface area contributed by atoms with Crippen LogP contribution in [0.3, 0.4) is 0 Å². The molecule has 2 unspecified atom stereocenters. The van der Waals surface area contributed by atoms with Crippen molar-refractivity contribution >= 4 is 45.9 Å². The number of carbonyl (C=O) groups excluding carboxylic acids is 3. The fourth-order valence-corrected chi connectivity index (χ4v) is 10.4. The average Bonchev–Trinajstić information content (AvgIpc) is 3.73. The third-order valence-electron chi connectivity index (χ3n) is 10.1. The minimum atomic E-state index is -0.822. The Labute approximate surface area is 282 Å². The molecular formula is C39H45N3O4S. The van der Waals surface area contributed by atoms with Crippen molar-refractivity contribution in [2.45, 2.75) is 61.7 Å². The lowest BCUT2D eigenvalue weighted by atomic mass is 9.70. The molecule has 3 aliphatic rings. The van der Waals surface area contributed by atoms with Crippen LogP contribution in [-0.2, 0) is 20.9 Å². The molecule has 3 fully saturated rings. The van der Waals surface area contributed by atoms with E-state index >= 15 is 4.79 Å². The highest BCUT2D eigenvalue weighted by Crippen LogP contribution is 2.67. The lowest BCUT2D eigenvalue weighted by molar-refractivity contribution is -0.145. The normalized spacial score (nSPS) is 25.2. The van der Waals surface area contributed by atoms with Crippen molar-refractivity contribution in [3.63, 3.8) is 0 Å². The van der Waals surface area contributed by atoms with Crippen LogP contribution in [0, 0.1) is 17.8 Å². The number of rotatable bonds is 13. The molecule has 8 heteroatoms. The van der Waals surface area contributed by atoms with Gasteiger partial charge in [-0.2, -0.15) is 0 Å². The van der Waals surface area contributed by atoms with Gasteiger partial charge in [-0.15, -0.1) is 24.9 Å². The van der Waals surface area contributed by atoms with Gasteiger partial charge in [0.1, 0.15) is 6.04 Å². The Kier molecular flexibility index (Phi) is 9.62. The molecule has 246 valence electrons. The van der Waals surface area contributed by atoms with E-state index in [1.807, 2.05) is 72.8 Å². The van der Waals surface area contributed by atoms with Crippen LogP contribution in [0.15, 0.2) is 98.1 Å². The summed E-state index contributed by atoms with van der Waals surface area (Å²) in [4.78, 5) is 49.7. The number of fused-ring (bicyclic) bond motifs is 2. The van der Waals surface area contributed by atoms with Gasteiger partial charge in [-0.1, -0.05) is 86.7 Å². The number of hydrogen-bond acceptors (Lipinski definition) is 5. The van der Waals surface area contributed by atoms with Crippen molar-refractivity contribution in [3.05, 3.63) is 104 Å². The molecule has 3 aliphatic heterocycles. The van der Waals surface area contributed by atoms with E-state index in [9.17, 15) is 14.7 Å². The molecule has 47 heavy (non-hydrogen) atoms. The van der Waals surface area contributed by atoms with Crippen LogP contribution < -0.4 is 4.90 Å². The second kappa shape index (κ2) is 13.7. The van der Waals surface area contributed by atoms with Crippen molar-refractivity contribution in [2.24, 2.45) is 17.8 Å². The van der Waals surface area contributed by atoms with E-state index in [2.05, 4.69) is 27.0 Å². The molecule has 1 N–H and O–H groups in total. The predicted molar refractivity (Wildman–Crippen MR) is 190 cm³/mol. The molecule has 3 heterocycles. The third kappa shape index (κ3) is 5.91. The van der Waals surface area contributed by atoms with E-state index in [4.69, 9.17) is 0 Å². The van der Waals surface area contributed by atoms with E-state index in [0.29, 0.717) is 25.9 Å². The average molecular weight is 652 g/mol. The molecule has 0 aliphatic carbocycles. The summed E-state index contributed by atoms with van der Waals surface area (Å²) in [6, 6.07) is 22.5. The Morgan fingerprint density at radius 3 is 2.38 bits per heavy atom. The largest absolute Gasteiger partial charge is 0.394 e. The Morgan fingerprint density at radius 1 is 1.00 bits per heavy atom. The van der Waals surface area contributed by atoms with Crippen LogP contribution in [0.4, 0.5) is 5.69 Å². The molecule has 3 amide bonds. The summed E-state index contributed by atoms with van der Waals surface area (Å²) in [7, 11) is 0. The van der Waals surface area contributed by atoms with Crippen LogP contribution in [0.5, 0.6) is 0 Å². The molecule has 1 spiro atoms. The predicted octanol–water partition coefficient (Wildman–Crippen LogP) is 6.07. The molecule has 3 saturated heterocycles. The Hall–Kier alpha value is -3.88. The second-order valence-electron chi connectivity index (χ2n) is 13.5. The maximum Gasteiger partial charge on any atom is 0.251 e. The number of nitrogens with zero attached hydrogens (tertiary/aromatic N) is 3. The fraction of sp³-hybridized carbons (Fsp3) is 0.410. The molecule has 3 aromatic rings. The SMILES string of the molecule is C=CCN(Cc1ccccc1)C(=O)[C@@H]1[C@H]2C(=O)N([C@@H](CO)CC(C)C)C(C(=O)N(CC=C)c3ccc4ccccc4c3)C23CC[C@H]1S3. The first kappa shape index (κ1) is 33.0. The molecule has 0 aromatic heterocycles. The summed E-state index contributed by atoms with van der Waals surface area (Å²) in [5.74, 6) is -1.47. The van der Waals surface area contributed by atoms with E-state index in [1.165, 1.54) is 0 Å². The highest BCUT2D eigenvalue weighted by Gasteiger charge is 2.74. The van der Waals surface area contributed by atoms with Crippen LogP contribution in [0.25, 0.3) is 10.8 Å². The highest BCUT2D eigenvalue weighted by atomic mass is 32.2. The Bertz CT molecular complexity index is 1660. The topological polar surface area (TPSA) is 81.2 Å². The van der Waals surface area contributed by atoms with Gasteiger partial charge in [0.2, 0.25) is 11.8 Å². The van der Waals surface area contributed by atoms with Gasteiger partial charge < -0.3 is 19.8 Å². The number of anilines is 1. The number of carbonyl (C=O) groups is 3. The minimum absolute atomic E-state index is 0.0665. The zero-order valence-electron chi connectivity index (χ0n) is 27.3. The molecular weight excluding hydrogens is 607 g/mol.